The number of hydrogen-bond acceptors (Lipinski definition) is 3. The highest BCUT2D eigenvalue weighted by atomic mass is 35.5. The summed E-state index contributed by atoms with van der Waals surface area (Å²) in [6, 6.07) is 9.63. The van der Waals surface area contributed by atoms with Crippen molar-refractivity contribution in [2.24, 2.45) is 0 Å². The third-order valence-corrected chi connectivity index (χ3v) is 3.70. The fourth-order valence-electron chi connectivity index (χ4n) is 1.35. The van der Waals surface area contributed by atoms with E-state index in [1.807, 2.05) is 30.3 Å². The first-order valence-corrected chi connectivity index (χ1v) is 7.22. The maximum absolute atomic E-state index is 11.4. The molecule has 0 fully saturated rings. The number of sulfonamides is 1. The number of hydrogen-bond donors (Lipinski definition) is 1. The first-order valence-electron chi connectivity index (χ1n) is 5.19. The molecule has 0 saturated carbocycles. The van der Waals surface area contributed by atoms with Gasteiger partial charge in [-0.05, 0) is 30.0 Å². The van der Waals surface area contributed by atoms with Gasteiger partial charge in [-0.25, -0.2) is 13.1 Å². The van der Waals surface area contributed by atoms with E-state index in [0.29, 0.717) is 12.8 Å². The summed E-state index contributed by atoms with van der Waals surface area (Å²) in [5, 5.41) is -0.711. The zero-order valence-electron chi connectivity index (χ0n) is 9.23. The Morgan fingerprint density at radius 3 is 2.47 bits per heavy atom. The number of benzene rings is 1. The van der Waals surface area contributed by atoms with E-state index in [1.165, 1.54) is 0 Å². The third-order valence-electron chi connectivity index (χ3n) is 2.15. The van der Waals surface area contributed by atoms with Crippen LogP contribution in [0.25, 0.3) is 0 Å². The van der Waals surface area contributed by atoms with Crippen LogP contribution in [0.1, 0.15) is 12.0 Å². The molecule has 1 rings (SSSR count). The van der Waals surface area contributed by atoms with Crippen molar-refractivity contribution in [3.05, 3.63) is 35.9 Å². The van der Waals surface area contributed by atoms with Crippen molar-refractivity contribution in [1.29, 1.82) is 0 Å². The SMILES string of the molecule is O=C(Cl)CNS(=O)(=O)CCCc1ccccc1. The second-order valence-corrected chi connectivity index (χ2v) is 5.93. The lowest BCUT2D eigenvalue weighted by Crippen LogP contribution is -2.30. The van der Waals surface area contributed by atoms with Gasteiger partial charge in [0, 0.05) is 0 Å². The molecule has 0 radical (unpaired) electrons. The molecule has 0 amide bonds. The van der Waals surface area contributed by atoms with Gasteiger partial charge < -0.3 is 0 Å². The first kappa shape index (κ1) is 14.2. The van der Waals surface area contributed by atoms with E-state index in [9.17, 15) is 13.2 Å². The normalized spacial score (nSPS) is 11.4. The number of aryl methyl sites for hydroxylation is 1. The fraction of sp³-hybridized carbons (Fsp3) is 0.364. The maximum atomic E-state index is 11.4. The van der Waals surface area contributed by atoms with Crippen molar-refractivity contribution in [2.75, 3.05) is 12.3 Å². The summed E-state index contributed by atoms with van der Waals surface area (Å²) >= 11 is 5.05. The number of carbonyl (C=O) groups is 1. The molecule has 0 spiro atoms. The zero-order valence-corrected chi connectivity index (χ0v) is 10.8. The predicted molar refractivity (Wildman–Crippen MR) is 67.4 cm³/mol. The Hall–Kier alpha value is -0.910. The van der Waals surface area contributed by atoms with E-state index in [1.54, 1.807) is 0 Å². The molecule has 94 valence electrons. The molecule has 0 aromatic heterocycles. The minimum Gasteiger partial charge on any atom is -0.280 e. The van der Waals surface area contributed by atoms with Crippen LogP contribution in [0.5, 0.6) is 0 Å². The summed E-state index contributed by atoms with van der Waals surface area (Å²) in [6.07, 6.45) is 1.20. The first-order chi connectivity index (χ1) is 7.99. The van der Waals surface area contributed by atoms with Gasteiger partial charge >= 0.3 is 0 Å². The summed E-state index contributed by atoms with van der Waals surface area (Å²) < 4.78 is 24.9. The lowest BCUT2D eigenvalue weighted by molar-refractivity contribution is -0.110. The lowest BCUT2D eigenvalue weighted by atomic mass is 10.1. The molecule has 0 aliphatic carbocycles. The Morgan fingerprint density at radius 2 is 1.88 bits per heavy atom. The van der Waals surface area contributed by atoms with Crippen molar-refractivity contribution < 1.29 is 13.2 Å². The largest absolute Gasteiger partial charge is 0.280 e. The van der Waals surface area contributed by atoms with Crippen LogP contribution in [0.3, 0.4) is 0 Å². The second-order valence-electron chi connectivity index (χ2n) is 3.58. The van der Waals surface area contributed by atoms with E-state index >= 15 is 0 Å². The molecular formula is C11H14ClNO3S. The highest BCUT2D eigenvalue weighted by Crippen LogP contribution is 2.03. The topological polar surface area (TPSA) is 63.2 Å². The Bertz CT molecular complexity index is 459. The molecular weight excluding hydrogens is 262 g/mol. The minimum atomic E-state index is -3.40. The minimum absolute atomic E-state index is 0.00787. The molecule has 0 aliphatic rings. The van der Waals surface area contributed by atoms with E-state index in [-0.39, 0.29) is 12.3 Å². The molecule has 0 bridgehead atoms. The van der Waals surface area contributed by atoms with Gasteiger partial charge in [0.1, 0.15) is 0 Å². The molecule has 0 atom stereocenters. The summed E-state index contributed by atoms with van der Waals surface area (Å²) in [6.45, 7) is -0.352. The van der Waals surface area contributed by atoms with Gasteiger partial charge in [0.05, 0.1) is 12.3 Å². The van der Waals surface area contributed by atoms with E-state index in [2.05, 4.69) is 4.72 Å². The lowest BCUT2D eigenvalue weighted by Gasteiger charge is -2.04. The average Bonchev–Trinajstić information content (AvgIpc) is 2.28. The summed E-state index contributed by atoms with van der Waals surface area (Å²) in [7, 11) is -3.40. The number of halogens is 1. The van der Waals surface area contributed by atoms with Gasteiger partial charge in [0.2, 0.25) is 15.3 Å². The van der Waals surface area contributed by atoms with Crippen LogP contribution in [0.15, 0.2) is 30.3 Å². The monoisotopic (exact) mass is 275 g/mol. The summed E-state index contributed by atoms with van der Waals surface area (Å²) in [4.78, 5) is 10.4. The highest BCUT2D eigenvalue weighted by molar-refractivity contribution is 7.89. The van der Waals surface area contributed by atoms with Crippen LogP contribution in [-0.2, 0) is 21.2 Å². The van der Waals surface area contributed by atoms with Crippen molar-refractivity contribution in [2.45, 2.75) is 12.8 Å². The summed E-state index contributed by atoms with van der Waals surface area (Å²) in [5.41, 5.74) is 1.09. The number of rotatable bonds is 7. The molecule has 0 aliphatic heterocycles. The van der Waals surface area contributed by atoms with E-state index in [4.69, 9.17) is 11.6 Å². The van der Waals surface area contributed by atoms with E-state index in [0.717, 1.165) is 5.56 Å². The third kappa shape index (κ3) is 6.41. The maximum Gasteiger partial charge on any atom is 0.236 e. The predicted octanol–water partition coefficient (Wildman–Crippen LogP) is 1.30. The molecule has 0 heterocycles. The Kier molecular flexibility index (Phi) is 5.61. The molecule has 1 aromatic carbocycles. The molecule has 17 heavy (non-hydrogen) atoms. The molecule has 0 saturated heterocycles. The Labute approximate surface area is 106 Å². The van der Waals surface area contributed by atoms with Crippen molar-refractivity contribution >= 4 is 26.9 Å². The van der Waals surface area contributed by atoms with E-state index < -0.39 is 15.3 Å². The molecule has 0 unspecified atom stereocenters. The number of carbonyl (C=O) groups excluding carboxylic acids is 1. The van der Waals surface area contributed by atoms with Crippen molar-refractivity contribution in [3.8, 4) is 0 Å². The van der Waals surface area contributed by atoms with Crippen LogP contribution >= 0.6 is 11.6 Å². The molecule has 1 N–H and O–H groups in total. The van der Waals surface area contributed by atoms with Crippen LogP contribution < -0.4 is 4.72 Å². The standard InChI is InChI=1S/C11H14ClNO3S/c12-11(14)9-13-17(15,16)8-4-7-10-5-2-1-3-6-10/h1-3,5-6,13H,4,7-9H2. The van der Waals surface area contributed by atoms with Gasteiger partial charge in [0.15, 0.2) is 0 Å². The van der Waals surface area contributed by atoms with Crippen LogP contribution in [0.4, 0.5) is 0 Å². The van der Waals surface area contributed by atoms with Crippen LogP contribution in [0.2, 0.25) is 0 Å². The fourth-order valence-corrected chi connectivity index (χ4v) is 2.52. The molecule has 4 nitrogen and oxygen atoms in total. The van der Waals surface area contributed by atoms with Crippen molar-refractivity contribution in [1.82, 2.24) is 4.72 Å². The van der Waals surface area contributed by atoms with Gasteiger partial charge in [0.25, 0.3) is 0 Å². The van der Waals surface area contributed by atoms with Crippen LogP contribution in [0, 0.1) is 0 Å². The number of nitrogens with one attached hydrogen (secondary N) is 1. The Morgan fingerprint density at radius 1 is 1.24 bits per heavy atom. The quantitative estimate of drug-likeness (QED) is 0.763. The van der Waals surface area contributed by atoms with Crippen LogP contribution in [-0.4, -0.2) is 26.0 Å². The second kappa shape index (κ2) is 6.74. The molecule has 1 aromatic rings. The summed E-state index contributed by atoms with van der Waals surface area (Å²) in [5.74, 6) is -0.00787. The van der Waals surface area contributed by atoms with Gasteiger partial charge in [-0.2, -0.15) is 0 Å². The van der Waals surface area contributed by atoms with Gasteiger partial charge in [-0.15, -0.1) is 0 Å². The zero-order chi connectivity index (χ0) is 12.7. The van der Waals surface area contributed by atoms with Crippen molar-refractivity contribution in [3.63, 3.8) is 0 Å². The highest BCUT2D eigenvalue weighted by Gasteiger charge is 2.10. The molecule has 6 heteroatoms. The Balaban J connectivity index is 2.33. The van der Waals surface area contributed by atoms with Gasteiger partial charge in [-0.3, -0.25) is 4.79 Å². The average molecular weight is 276 g/mol. The van der Waals surface area contributed by atoms with Gasteiger partial charge in [-0.1, -0.05) is 30.3 Å². The smallest absolute Gasteiger partial charge is 0.236 e.